The van der Waals surface area contributed by atoms with Gasteiger partial charge in [-0.2, -0.15) is 0 Å². The zero-order valence-electron chi connectivity index (χ0n) is 7.00. The number of hydrogen-bond acceptors (Lipinski definition) is 1. The molecule has 1 radical (unpaired) electrons. The molecule has 0 spiro atoms. The van der Waals surface area contributed by atoms with Crippen LogP contribution in [-0.2, 0) is 0 Å². The summed E-state index contributed by atoms with van der Waals surface area (Å²) in [5.41, 5.74) is 1.31. The van der Waals surface area contributed by atoms with Crippen LogP contribution in [0.5, 0.6) is 0 Å². The van der Waals surface area contributed by atoms with E-state index in [2.05, 4.69) is 44.5 Å². The molecule has 0 aliphatic heterocycles. The van der Waals surface area contributed by atoms with E-state index in [-0.39, 0.29) is 0 Å². The fourth-order valence-electron chi connectivity index (χ4n) is 0.951. The van der Waals surface area contributed by atoms with Crippen LogP contribution in [0.3, 0.4) is 0 Å². The average Bonchev–Trinajstić information content (AvgIpc) is 2.06. The summed E-state index contributed by atoms with van der Waals surface area (Å²) >= 11 is 1.88. The summed E-state index contributed by atoms with van der Waals surface area (Å²) in [4.78, 5) is 1.36. The lowest BCUT2D eigenvalue weighted by Crippen LogP contribution is -1.78. The number of benzene rings is 1. The molecule has 0 aliphatic carbocycles. The van der Waals surface area contributed by atoms with Gasteiger partial charge < -0.3 is 0 Å². The van der Waals surface area contributed by atoms with Gasteiger partial charge in [0.2, 0.25) is 0 Å². The van der Waals surface area contributed by atoms with E-state index in [4.69, 9.17) is 0 Å². The summed E-state index contributed by atoms with van der Waals surface area (Å²) in [6.45, 7) is 4.24. The molecule has 1 aromatic rings. The molecule has 0 aliphatic rings. The molecule has 59 valence electrons. The summed E-state index contributed by atoms with van der Waals surface area (Å²) < 4.78 is 0. The highest BCUT2D eigenvalue weighted by molar-refractivity contribution is 7.99. The first-order valence-corrected chi connectivity index (χ1v) is 4.87. The predicted molar refractivity (Wildman–Crippen MR) is 51.9 cm³/mol. The van der Waals surface area contributed by atoms with Crippen LogP contribution in [0, 0.1) is 6.42 Å². The highest BCUT2D eigenvalue weighted by atomic mass is 32.2. The molecule has 0 bridgehead atoms. The highest BCUT2D eigenvalue weighted by Gasteiger charge is 1.92. The third-order valence-electron chi connectivity index (χ3n) is 1.50. The van der Waals surface area contributed by atoms with Crippen LogP contribution in [0.4, 0.5) is 0 Å². The van der Waals surface area contributed by atoms with Crippen molar-refractivity contribution in [3.05, 3.63) is 36.2 Å². The smallest absolute Gasteiger partial charge is 0.00746 e. The molecule has 0 N–H and O–H groups in total. The molecule has 0 unspecified atom stereocenters. The van der Waals surface area contributed by atoms with Crippen LogP contribution in [0.25, 0.3) is 0 Å². The molecule has 11 heavy (non-hydrogen) atoms. The fourth-order valence-corrected chi connectivity index (χ4v) is 1.68. The second-order valence-corrected chi connectivity index (χ2v) is 3.63. The molecule has 1 heteroatoms. The quantitative estimate of drug-likeness (QED) is 0.619. The lowest BCUT2D eigenvalue weighted by atomic mass is 10.2. The van der Waals surface area contributed by atoms with Gasteiger partial charge in [-0.05, 0) is 29.9 Å². The van der Waals surface area contributed by atoms with Crippen LogP contribution in [0.15, 0.2) is 29.2 Å². The predicted octanol–water partition coefficient (Wildman–Crippen LogP) is 3.37. The summed E-state index contributed by atoms with van der Waals surface area (Å²) in [6, 6.07) is 8.60. The number of thioether (sulfide) groups is 1. The SMILES string of the molecule is C[CH]c1cccc(SCC)c1. The fraction of sp³-hybridized carbons (Fsp3) is 0.300. The van der Waals surface area contributed by atoms with Gasteiger partial charge >= 0.3 is 0 Å². The van der Waals surface area contributed by atoms with Crippen molar-refractivity contribution in [2.24, 2.45) is 0 Å². The molecule has 0 heterocycles. The Labute approximate surface area is 73.0 Å². The summed E-state index contributed by atoms with van der Waals surface area (Å²) in [7, 11) is 0. The van der Waals surface area contributed by atoms with E-state index in [9.17, 15) is 0 Å². The minimum Gasteiger partial charge on any atom is -0.126 e. The maximum Gasteiger partial charge on any atom is 0.00746 e. The minimum absolute atomic E-state index is 1.15. The molecule has 0 saturated heterocycles. The Morgan fingerprint density at radius 1 is 1.45 bits per heavy atom. The second kappa shape index (κ2) is 4.45. The van der Waals surface area contributed by atoms with Crippen LogP contribution >= 0.6 is 11.8 Å². The average molecular weight is 165 g/mol. The molecular formula is C10H13S. The van der Waals surface area contributed by atoms with Gasteiger partial charge in [0.05, 0.1) is 0 Å². The standard InChI is InChI=1S/C10H13S/c1-3-9-6-5-7-10(8-9)11-4-2/h3,5-8H,4H2,1-2H3. The van der Waals surface area contributed by atoms with Gasteiger partial charge in [-0.15, -0.1) is 11.8 Å². The van der Waals surface area contributed by atoms with E-state index in [1.165, 1.54) is 10.5 Å². The zero-order valence-corrected chi connectivity index (χ0v) is 7.82. The Morgan fingerprint density at radius 2 is 2.27 bits per heavy atom. The summed E-state index contributed by atoms with van der Waals surface area (Å²) in [6.07, 6.45) is 2.12. The Hall–Kier alpha value is -0.430. The van der Waals surface area contributed by atoms with Crippen molar-refractivity contribution in [1.29, 1.82) is 0 Å². The van der Waals surface area contributed by atoms with Crippen LogP contribution in [0.2, 0.25) is 0 Å². The molecule has 1 aromatic carbocycles. The van der Waals surface area contributed by atoms with Crippen molar-refractivity contribution in [2.45, 2.75) is 18.7 Å². The van der Waals surface area contributed by atoms with Crippen molar-refractivity contribution in [3.63, 3.8) is 0 Å². The first kappa shape index (κ1) is 8.66. The van der Waals surface area contributed by atoms with Crippen LogP contribution in [-0.4, -0.2) is 5.75 Å². The first-order chi connectivity index (χ1) is 5.36. The number of rotatable bonds is 3. The Kier molecular flexibility index (Phi) is 3.50. The van der Waals surface area contributed by atoms with Crippen LogP contribution < -0.4 is 0 Å². The minimum atomic E-state index is 1.15. The van der Waals surface area contributed by atoms with E-state index in [1.807, 2.05) is 11.8 Å². The lowest BCUT2D eigenvalue weighted by molar-refractivity contribution is 1.34. The lowest BCUT2D eigenvalue weighted by Gasteiger charge is -1.99. The van der Waals surface area contributed by atoms with Gasteiger partial charge in [0.15, 0.2) is 0 Å². The molecule has 0 nitrogen and oxygen atoms in total. The molecule has 0 saturated carbocycles. The van der Waals surface area contributed by atoms with E-state index in [1.54, 1.807) is 0 Å². The number of hydrogen-bond donors (Lipinski definition) is 0. The first-order valence-electron chi connectivity index (χ1n) is 3.89. The van der Waals surface area contributed by atoms with Gasteiger partial charge in [-0.1, -0.05) is 26.0 Å². The van der Waals surface area contributed by atoms with E-state index in [0.29, 0.717) is 0 Å². The van der Waals surface area contributed by atoms with Gasteiger partial charge in [-0.25, -0.2) is 0 Å². The molecule has 0 aromatic heterocycles. The Morgan fingerprint density at radius 3 is 2.91 bits per heavy atom. The van der Waals surface area contributed by atoms with E-state index >= 15 is 0 Å². The highest BCUT2D eigenvalue weighted by Crippen LogP contribution is 2.18. The van der Waals surface area contributed by atoms with Gasteiger partial charge in [0.25, 0.3) is 0 Å². The molecule has 1 rings (SSSR count). The van der Waals surface area contributed by atoms with Crippen molar-refractivity contribution in [2.75, 3.05) is 5.75 Å². The molecule has 0 atom stereocenters. The molecule has 0 fully saturated rings. The second-order valence-electron chi connectivity index (χ2n) is 2.29. The molecule has 0 amide bonds. The normalized spacial score (nSPS) is 10.0. The zero-order chi connectivity index (χ0) is 8.10. The van der Waals surface area contributed by atoms with Crippen LogP contribution in [0.1, 0.15) is 19.4 Å². The maximum absolute atomic E-state index is 2.22. The Balaban J connectivity index is 2.74. The van der Waals surface area contributed by atoms with Crippen molar-refractivity contribution < 1.29 is 0 Å². The van der Waals surface area contributed by atoms with E-state index in [0.717, 1.165) is 5.75 Å². The maximum atomic E-state index is 2.22. The topological polar surface area (TPSA) is 0 Å². The van der Waals surface area contributed by atoms with Gasteiger partial charge in [-0.3, -0.25) is 0 Å². The van der Waals surface area contributed by atoms with Crippen molar-refractivity contribution in [1.82, 2.24) is 0 Å². The van der Waals surface area contributed by atoms with Crippen molar-refractivity contribution in [3.8, 4) is 0 Å². The van der Waals surface area contributed by atoms with Crippen molar-refractivity contribution >= 4 is 11.8 Å². The molecular weight excluding hydrogens is 152 g/mol. The monoisotopic (exact) mass is 165 g/mol. The third-order valence-corrected chi connectivity index (χ3v) is 2.38. The van der Waals surface area contributed by atoms with Gasteiger partial charge in [0, 0.05) is 4.90 Å². The largest absolute Gasteiger partial charge is 0.126 e. The van der Waals surface area contributed by atoms with E-state index < -0.39 is 0 Å². The summed E-state index contributed by atoms with van der Waals surface area (Å²) in [5, 5.41) is 0. The Bertz CT molecular complexity index is 218. The van der Waals surface area contributed by atoms with Gasteiger partial charge in [0.1, 0.15) is 0 Å². The summed E-state index contributed by atoms with van der Waals surface area (Å²) in [5.74, 6) is 1.15. The third kappa shape index (κ3) is 2.58.